The highest BCUT2D eigenvalue weighted by Crippen LogP contribution is 2.24. The molecular weight excluding hydrogens is 409 g/mol. The Kier molecular flexibility index (Phi) is 8.92. The van der Waals surface area contributed by atoms with Gasteiger partial charge in [0.15, 0.2) is 0 Å². The van der Waals surface area contributed by atoms with Crippen LogP contribution < -0.4 is 15.4 Å². The molecule has 162 valence electrons. The van der Waals surface area contributed by atoms with Crippen LogP contribution in [-0.2, 0) is 17.9 Å². The summed E-state index contributed by atoms with van der Waals surface area (Å²) in [6.07, 6.45) is 1.22. The lowest BCUT2D eigenvalue weighted by molar-refractivity contribution is -0.132. The number of urea groups is 1. The number of nitrogens with one attached hydrogen (secondary N) is 2. The molecule has 0 saturated heterocycles. The Morgan fingerprint density at radius 3 is 2.53 bits per heavy atom. The molecule has 0 bridgehead atoms. The van der Waals surface area contributed by atoms with Crippen molar-refractivity contribution in [3.05, 3.63) is 64.4 Å². The third kappa shape index (κ3) is 6.91. The highest BCUT2D eigenvalue weighted by atomic mass is 35.5. The van der Waals surface area contributed by atoms with Crippen molar-refractivity contribution in [3.8, 4) is 5.75 Å². The summed E-state index contributed by atoms with van der Waals surface area (Å²) >= 11 is 6.07. The van der Waals surface area contributed by atoms with Gasteiger partial charge >= 0.3 is 6.03 Å². The Morgan fingerprint density at radius 1 is 1.20 bits per heavy atom. The van der Waals surface area contributed by atoms with Crippen LogP contribution in [-0.4, -0.2) is 37.0 Å². The quantitative estimate of drug-likeness (QED) is 0.622. The van der Waals surface area contributed by atoms with Crippen molar-refractivity contribution in [2.24, 2.45) is 0 Å². The van der Waals surface area contributed by atoms with Gasteiger partial charge in [-0.15, -0.1) is 0 Å². The van der Waals surface area contributed by atoms with Crippen LogP contribution in [0, 0.1) is 5.82 Å². The fourth-order valence-corrected chi connectivity index (χ4v) is 3.20. The third-order valence-electron chi connectivity index (χ3n) is 4.57. The van der Waals surface area contributed by atoms with E-state index < -0.39 is 12.1 Å². The van der Waals surface area contributed by atoms with Gasteiger partial charge in [-0.3, -0.25) is 4.79 Å². The monoisotopic (exact) mass is 435 g/mol. The van der Waals surface area contributed by atoms with E-state index in [9.17, 15) is 14.0 Å². The van der Waals surface area contributed by atoms with Gasteiger partial charge in [0.2, 0.25) is 5.91 Å². The minimum Gasteiger partial charge on any atom is -0.496 e. The normalized spacial score (nSPS) is 11.5. The van der Waals surface area contributed by atoms with E-state index in [1.165, 1.54) is 17.0 Å². The minimum atomic E-state index is -0.668. The molecule has 0 aromatic heterocycles. The second kappa shape index (κ2) is 11.4. The van der Waals surface area contributed by atoms with Crippen molar-refractivity contribution < 1.29 is 18.7 Å². The minimum absolute atomic E-state index is 0.212. The van der Waals surface area contributed by atoms with Crippen molar-refractivity contribution in [2.45, 2.75) is 38.9 Å². The summed E-state index contributed by atoms with van der Waals surface area (Å²) in [6, 6.07) is 9.95. The molecule has 8 heteroatoms. The molecule has 0 radical (unpaired) electrons. The summed E-state index contributed by atoms with van der Waals surface area (Å²) in [5, 5.41) is 5.98. The van der Waals surface area contributed by atoms with Gasteiger partial charge in [0.25, 0.3) is 0 Å². The summed E-state index contributed by atoms with van der Waals surface area (Å²) in [5.74, 6) is 0.0862. The van der Waals surface area contributed by atoms with E-state index in [0.717, 1.165) is 17.5 Å². The first-order valence-electron chi connectivity index (χ1n) is 9.70. The Labute approximate surface area is 181 Å². The number of benzene rings is 2. The summed E-state index contributed by atoms with van der Waals surface area (Å²) in [5.41, 5.74) is 1.53. The van der Waals surface area contributed by atoms with Crippen LogP contribution in [0.15, 0.2) is 42.5 Å². The summed E-state index contributed by atoms with van der Waals surface area (Å²) in [6.45, 7) is 2.47. The van der Waals surface area contributed by atoms with Crippen LogP contribution in [0.3, 0.4) is 0 Å². The highest BCUT2D eigenvalue weighted by Gasteiger charge is 2.24. The average molecular weight is 436 g/mol. The Balaban J connectivity index is 1.98. The smallest absolute Gasteiger partial charge is 0.315 e. The number of methoxy groups -OCH3 is 1. The first kappa shape index (κ1) is 23.5. The molecule has 2 aromatic carbocycles. The molecule has 1 atom stereocenters. The van der Waals surface area contributed by atoms with Crippen molar-refractivity contribution in [3.63, 3.8) is 0 Å². The first-order chi connectivity index (χ1) is 14.3. The van der Waals surface area contributed by atoms with Gasteiger partial charge in [-0.05, 0) is 42.3 Å². The molecule has 3 amide bonds. The molecule has 1 unspecified atom stereocenters. The molecule has 0 heterocycles. The maximum absolute atomic E-state index is 13.0. The van der Waals surface area contributed by atoms with Crippen molar-refractivity contribution in [1.82, 2.24) is 15.5 Å². The SMILES string of the molecule is CCCC(NC(=O)NCc1ccc(F)cc1)C(=O)N(C)Cc1cc(Cl)ccc1OC. The van der Waals surface area contributed by atoms with Crippen LogP contribution in [0.1, 0.15) is 30.9 Å². The number of hydrogen-bond donors (Lipinski definition) is 2. The predicted molar refractivity (Wildman–Crippen MR) is 115 cm³/mol. The van der Waals surface area contributed by atoms with E-state index in [1.807, 2.05) is 6.92 Å². The number of carbonyl (C=O) groups is 2. The fraction of sp³-hybridized carbons (Fsp3) is 0.364. The van der Waals surface area contributed by atoms with Crippen LogP contribution >= 0.6 is 11.6 Å². The van der Waals surface area contributed by atoms with Crippen molar-refractivity contribution in [2.75, 3.05) is 14.2 Å². The molecule has 0 aliphatic carbocycles. The second-order valence-electron chi connectivity index (χ2n) is 6.95. The Morgan fingerprint density at radius 2 is 1.90 bits per heavy atom. The number of likely N-dealkylation sites (N-methyl/N-ethyl adjacent to an activating group) is 1. The third-order valence-corrected chi connectivity index (χ3v) is 4.81. The predicted octanol–water partition coefficient (Wildman–Crippen LogP) is 4.11. The molecule has 0 spiro atoms. The highest BCUT2D eigenvalue weighted by molar-refractivity contribution is 6.30. The molecule has 0 saturated carbocycles. The van der Waals surface area contributed by atoms with E-state index in [4.69, 9.17) is 16.3 Å². The van der Waals surface area contributed by atoms with Crippen molar-refractivity contribution in [1.29, 1.82) is 0 Å². The van der Waals surface area contributed by atoms with E-state index in [0.29, 0.717) is 23.7 Å². The lowest BCUT2D eigenvalue weighted by Crippen LogP contribution is -2.50. The maximum atomic E-state index is 13.0. The zero-order valence-corrected chi connectivity index (χ0v) is 18.1. The molecule has 2 N–H and O–H groups in total. The van der Waals surface area contributed by atoms with Crippen LogP contribution in [0.25, 0.3) is 0 Å². The molecule has 6 nitrogen and oxygen atoms in total. The van der Waals surface area contributed by atoms with Gasteiger partial charge in [0, 0.05) is 30.7 Å². The second-order valence-corrected chi connectivity index (χ2v) is 7.38. The number of halogens is 2. The van der Waals surface area contributed by atoms with Gasteiger partial charge in [-0.2, -0.15) is 0 Å². The van der Waals surface area contributed by atoms with E-state index >= 15 is 0 Å². The van der Waals surface area contributed by atoms with Gasteiger partial charge in [-0.25, -0.2) is 9.18 Å². The van der Waals surface area contributed by atoms with Crippen LogP contribution in [0.4, 0.5) is 9.18 Å². The zero-order valence-electron chi connectivity index (χ0n) is 17.4. The molecular formula is C22H27ClFN3O3. The van der Waals surface area contributed by atoms with E-state index in [2.05, 4.69) is 10.6 Å². The van der Waals surface area contributed by atoms with E-state index in [-0.39, 0.29) is 18.3 Å². The number of nitrogens with zero attached hydrogens (tertiary/aromatic N) is 1. The number of ether oxygens (including phenoxy) is 1. The Bertz CT molecular complexity index is 861. The molecule has 2 aromatic rings. The zero-order chi connectivity index (χ0) is 22.1. The fourth-order valence-electron chi connectivity index (χ4n) is 3.01. The van der Waals surface area contributed by atoms with E-state index in [1.54, 1.807) is 44.5 Å². The lowest BCUT2D eigenvalue weighted by atomic mass is 10.1. The molecule has 0 aliphatic heterocycles. The molecule has 0 aliphatic rings. The maximum Gasteiger partial charge on any atom is 0.315 e. The van der Waals surface area contributed by atoms with Crippen LogP contribution in [0.5, 0.6) is 5.75 Å². The number of amides is 3. The van der Waals surface area contributed by atoms with Gasteiger partial charge in [0.05, 0.1) is 7.11 Å². The largest absolute Gasteiger partial charge is 0.496 e. The topological polar surface area (TPSA) is 70.7 Å². The van der Waals surface area contributed by atoms with Gasteiger partial charge in [0.1, 0.15) is 17.6 Å². The molecule has 0 fully saturated rings. The summed E-state index contributed by atoms with van der Waals surface area (Å²) in [4.78, 5) is 26.8. The number of rotatable bonds is 9. The van der Waals surface area contributed by atoms with Crippen LogP contribution in [0.2, 0.25) is 5.02 Å². The number of hydrogen-bond acceptors (Lipinski definition) is 3. The van der Waals surface area contributed by atoms with Gasteiger partial charge < -0.3 is 20.3 Å². The summed E-state index contributed by atoms with van der Waals surface area (Å²) < 4.78 is 18.3. The Hall–Kier alpha value is -2.80. The van der Waals surface area contributed by atoms with Crippen molar-refractivity contribution >= 4 is 23.5 Å². The first-order valence-corrected chi connectivity index (χ1v) is 10.1. The molecule has 30 heavy (non-hydrogen) atoms. The summed E-state index contributed by atoms with van der Waals surface area (Å²) in [7, 11) is 3.23. The standard InChI is InChI=1S/C22H27ClFN3O3/c1-4-5-19(26-22(29)25-13-15-6-9-18(24)10-7-15)21(28)27(2)14-16-12-17(23)8-11-20(16)30-3/h6-12,19H,4-5,13-14H2,1-3H3,(H2,25,26,29). The molecule has 2 rings (SSSR count). The number of carbonyl (C=O) groups excluding carboxylic acids is 2. The average Bonchev–Trinajstić information content (AvgIpc) is 2.72. The lowest BCUT2D eigenvalue weighted by Gasteiger charge is -2.25. The van der Waals surface area contributed by atoms with Gasteiger partial charge in [-0.1, -0.05) is 37.1 Å².